The molecule has 1 saturated heterocycles. The highest BCUT2D eigenvalue weighted by molar-refractivity contribution is 4.86. The molecule has 0 saturated carbocycles. The Labute approximate surface area is 156 Å². The zero-order valence-electron chi connectivity index (χ0n) is 17.0. The second-order valence-electron chi connectivity index (χ2n) is 7.91. The minimum atomic E-state index is -0.450. The predicted molar refractivity (Wildman–Crippen MR) is 106 cm³/mol. The summed E-state index contributed by atoms with van der Waals surface area (Å²) in [6.45, 7) is 6.43. The van der Waals surface area contributed by atoms with E-state index in [2.05, 4.69) is 6.92 Å². The molecule has 0 radical (unpaired) electrons. The lowest BCUT2D eigenvalue weighted by atomic mass is 10.0. The number of hydrogen-bond acceptors (Lipinski definition) is 3. The summed E-state index contributed by atoms with van der Waals surface area (Å²) in [7, 11) is 0. The van der Waals surface area contributed by atoms with Crippen LogP contribution in [-0.4, -0.2) is 29.7 Å². The van der Waals surface area contributed by atoms with Crippen molar-refractivity contribution >= 4 is 0 Å². The van der Waals surface area contributed by atoms with Crippen molar-refractivity contribution in [1.29, 1.82) is 0 Å². The molecule has 148 valence electrons. The van der Waals surface area contributed by atoms with Gasteiger partial charge in [0.1, 0.15) is 0 Å². The van der Waals surface area contributed by atoms with Crippen LogP contribution in [0.4, 0.5) is 0 Å². The quantitative estimate of drug-likeness (QED) is 0.283. The third-order valence-corrected chi connectivity index (χ3v) is 5.02. The van der Waals surface area contributed by atoms with Crippen molar-refractivity contribution in [1.82, 2.24) is 0 Å². The molecule has 3 nitrogen and oxygen atoms in total. The number of aliphatic hydroxyl groups excluding tert-OH is 1. The van der Waals surface area contributed by atoms with Gasteiger partial charge in [0.05, 0.1) is 18.8 Å². The van der Waals surface area contributed by atoms with Crippen LogP contribution in [0.1, 0.15) is 104 Å². The molecule has 0 spiro atoms. The Hall–Kier alpha value is -0.380. The molecule has 1 aliphatic heterocycles. The first-order valence-electron chi connectivity index (χ1n) is 10.7. The average Bonchev–Trinajstić information content (AvgIpc) is 2.87. The van der Waals surface area contributed by atoms with Crippen molar-refractivity contribution in [2.24, 2.45) is 0 Å². The molecule has 1 aliphatic rings. The van der Waals surface area contributed by atoms with Crippen LogP contribution in [0.5, 0.6) is 0 Å². The van der Waals surface area contributed by atoms with Crippen LogP contribution in [-0.2, 0) is 9.47 Å². The third kappa shape index (κ3) is 11.0. The topological polar surface area (TPSA) is 38.7 Å². The van der Waals surface area contributed by atoms with E-state index in [9.17, 15) is 0 Å². The van der Waals surface area contributed by atoms with Crippen LogP contribution in [0, 0.1) is 0 Å². The van der Waals surface area contributed by atoms with Gasteiger partial charge < -0.3 is 14.6 Å². The molecule has 0 aliphatic carbocycles. The van der Waals surface area contributed by atoms with Crippen LogP contribution in [0.25, 0.3) is 0 Å². The summed E-state index contributed by atoms with van der Waals surface area (Å²) in [4.78, 5) is 0. The maximum absolute atomic E-state index is 8.81. The lowest BCUT2D eigenvalue weighted by Gasteiger charge is -2.16. The smallest absolute Gasteiger partial charge is 0.163 e. The summed E-state index contributed by atoms with van der Waals surface area (Å²) >= 11 is 0. The molecule has 3 heteroatoms. The maximum Gasteiger partial charge on any atom is 0.163 e. The van der Waals surface area contributed by atoms with Gasteiger partial charge in [0.25, 0.3) is 0 Å². The molecule has 1 heterocycles. The molecule has 0 aromatic carbocycles. The maximum atomic E-state index is 8.81. The van der Waals surface area contributed by atoms with Crippen molar-refractivity contribution in [2.75, 3.05) is 6.61 Å². The van der Waals surface area contributed by atoms with Crippen molar-refractivity contribution in [3.05, 3.63) is 12.2 Å². The van der Waals surface area contributed by atoms with Gasteiger partial charge in [-0.1, -0.05) is 83.3 Å². The van der Waals surface area contributed by atoms with Crippen molar-refractivity contribution < 1.29 is 14.6 Å². The Bertz CT molecular complexity index is 338. The first-order valence-corrected chi connectivity index (χ1v) is 10.7. The summed E-state index contributed by atoms with van der Waals surface area (Å²) in [6.07, 6.45) is 21.0. The zero-order valence-corrected chi connectivity index (χ0v) is 17.0. The molecule has 0 aromatic heterocycles. The van der Waals surface area contributed by atoms with Crippen LogP contribution < -0.4 is 0 Å². The minimum Gasteiger partial charge on any atom is -0.392 e. The van der Waals surface area contributed by atoms with Gasteiger partial charge in [-0.15, -0.1) is 0 Å². The second kappa shape index (κ2) is 13.8. The Kier molecular flexibility index (Phi) is 12.5. The van der Waals surface area contributed by atoms with E-state index < -0.39 is 5.79 Å². The Morgan fingerprint density at radius 2 is 1.28 bits per heavy atom. The molecule has 2 atom stereocenters. The van der Waals surface area contributed by atoms with Crippen LogP contribution in [0.2, 0.25) is 0 Å². The summed E-state index contributed by atoms with van der Waals surface area (Å²) in [5, 5.41) is 8.81. The number of allylic oxidation sites excluding steroid dienone is 1. The molecule has 0 unspecified atom stereocenters. The second-order valence-corrected chi connectivity index (χ2v) is 7.91. The van der Waals surface area contributed by atoms with Crippen LogP contribution >= 0.6 is 0 Å². The number of hydrogen-bond donors (Lipinski definition) is 1. The van der Waals surface area contributed by atoms with E-state index in [4.69, 9.17) is 14.6 Å². The van der Waals surface area contributed by atoms with E-state index in [1.165, 1.54) is 64.2 Å². The molecule has 1 N–H and O–H groups in total. The van der Waals surface area contributed by atoms with Crippen molar-refractivity contribution in [3.63, 3.8) is 0 Å². The van der Waals surface area contributed by atoms with Gasteiger partial charge in [-0.25, -0.2) is 0 Å². The van der Waals surface area contributed by atoms with Gasteiger partial charge in [0.15, 0.2) is 5.79 Å². The van der Waals surface area contributed by atoms with Gasteiger partial charge in [-0.3, -0.25) is 0 Å². The summed E-state index contributed by atoms with van der Waals surface area (Å²) in [5.74, 6) is -0.450. The monoisotopic (exact) mass is 354 g/mol. The van der Waals surface area contributed by atoms with Crippen LogP contribution in [0.3, 0.4) is 0 Å². The van der Waals surface area contributed by atoms with E-state index in [1.54, 1.807) is 6.08 Å². The number of unbranched alkanes of at least 4 members (excludes halogenated alkanes) is 9. The van der Waals surface area contributed by atoms with Gasteiger partial charge in [0, 0.05) is 0 Å². The average molecular weight is 355 g/mol. The SMILES string of the molecule is CCCCCCCCCCCC[C@H]1OC(C)(C)O[C@@H]1CC/C=C/CO. The van der Waals surface area contributed by atoms with Crippen molar-refractivity contribution in [2.45, 2.75) is 122 Å². The normalized spacial score (nSPS) is 22.9. The van der Waals surface area contributed by atoms with E-state index in [0.717, 1.165) is 19.3 Å². The predicted octanol–water partition coefficient (Wildman–Crippen LogP) is 6.15. The fourth-order valence-electron chi connectivity index (χ4n) is 3.68. The molecular weight excluding hydrogens is 312 g/mol. The third-order valence-electron chi connectivity index (χ3n) is 5.02. The lowest BCUT2D eigenvalue weighted by Crippen LogP contribution is -2.22. The van der Waals surface area contributed by atoms with Gasteiger partial charge >= 0.3 is 0 Å². The molecular formula is C22H42O3. The molecule has 1 rings (SSSR count). The van der Waals surface area contributed by atoms with E-state index in [-0.39, 0.29) is 18.8 Å². The fourth-order valence-corrected chi connectivity index (χ4v) is 3.68. The Morgan fingerprint density at radius 3 is 1.84 bits per heavy atom. The highest BCUT2D eigenvalue weighted by Gasteiger charge is 2.40. The summed E-state index contributed by atoms with van der Waals surface area (Å²) in [6, 6.07) is 0. The minimum absolute atomic E-state index is 0.121. The molecule has 25 heavy (non-hydrogen) atoms. The molecule has 0 amide bonds. The van der Waals surface area contributed by atoms with E-state index in [1.807, 2.05) is 19.9 Å². The highest BCUT2D eigenvalue weighted by atomic mass is 16.7. The molecule has 0 aromatic rings. The highest BCUT2D eigenvalue weighted by Crippen LogP contribution is 2.33. The first kappa shape index (κ1) is 22.7. The Balaban J connectivity index is 2.09. The standard InChI is InChI=1S/C22H42O3/c1-4-5-6-7-8-9-10-11-12-14-17-20-21(18-15-13-16-19-23)25-22(2,3)24-20/h13,16,20-21,23H,4-12,14-15,17-19H2,1-3H3/b16-13+/t20-,21-/m1/s1. The van der Waals surface area contributed by atoms with Crippen LogP contribution in [0.15, 0.2) is 12.2 Å². The Morgan fingerprint density at radius 1 is 0.760 bits per heavy atom. The number of ether oxygens (including phenoxy) is 2. The first-order chi connectivity index (χ1) is 12.1. The number of rotatable bonds is 15. The number of aliphatic hydroxyl groups is 1. The van der Waals surface area contributed by atoms with Gasteiger partial charge in [-0.2, -0.15) is 0 Å². The fraction of sp³-hybridized carbons (Fsp3) is 0.909. The van der Waals surface area contributed by atoms with E-state index in [0.29, 0.717) is 0 Å². The largest absolute Gasteiger partial charge is 0.392 e. The van der Waals surface area contributed by atoms with Gasteiger partial charge in [0.2, 0.25) is 0 Å². The van der Waals surface area contributed by atoms with Gasteiger partial charge in [-0.05, 0) is 33.1 Å². The lowest BCUT2D eigenvalue weighted by molar-refractivity contribution is -0.147. The summed E-state index contributed by atoms with van der Waals surface area (Å²) in [5.41, 5.74) is 0. The molecule has 1 fully saturated rings. The zero-order chi connectivity index (χ0) is 18.4. The van der Waals surface area contributed by atoms with Crippen molar-refractivity contribution in [3.8, 4) is 0 Å². The molecule has 0 bridgehead atoms. The summed E-state index contributed by atoms with van der Waals surface area (Å²) < 4.78 is 12.2. The van der Waals surface area contributed by atoms with E-state index >= 15 is 0 Å².